The third kappa shape index (κ3) is 4.13. The standard InChI is InChI=1S/C26H30FN7O/c1-18-13-22-21(3-6-28-25(22)14-24(18)27)23-16-30-33-17-20(15-29-26(23)33)31-7-4-19(5-8-31)32-9-11-34(2,35)12-10-32/h3,6,13-17,19H,4-5,7-12H2,1-2H3. The predicted molar refractivity (Wildman–Crippen MR) is 135 cm³/mol. The van der Waals surface area contributed by atoms with Gasteiger partial charge in [-0.3, -0.25) is 9.88 Å². The summed E-state index contributed by atoms with van der Waals surface area (Å²) in [6.45, 7) is 6.85. The third-order valence-corrected chi connectivity index (χ3v) is 7.72. The molecule has 2 aliphatic heterocycles. The minimum Gasteiger partial charge on any atom is -0.633 e. The number of anilines is 1. The van der Waals surface area contributed by atoms with Gasteiger partial charge in [0, 0.05) is 55.4 Å². The van der Waals surface area contributed by atoms with E-state index in [0.29, 0.717) is 30.2 Å². The van der Waals surface area contributed by atoms with E-state index in [4.69, 9.17) is 4.98 Å². The molecular weight excluding hydrogens is 445 g/mol. The fourth-order valence-corrected chi connectivity index (χ4v) is 5.49. The van der Waals surface area contributed by atoms with Gasteiger partial charge in [-0.1, -0.05) is 0 Å². The quantitative estimate of drug-likeness (QED) is 0.333. The van der Waals surface area contributed by atoms with Crippen LogP contribution in [-0.4, -0.2) is 81.5 Å². The van der Waals surface area contributed by atoms with Crippen LogP contribution in [0.5, 0.6) is 0 Å². The Labute approximate surface area is 203 Å². The van der Waals surface area contributed by atoms with Crippen LogP contribution in [0.2, 0.25) is 0 Å². The molecule has 0 unspecified atom stereocenters. The number of halogens is 1. The minimum atomic E-state index is -0.253. The lowest BCUT2D eigenvalue weighted by Gasteiger charge is -2.48. The normalized spacial score (nSPS) is 19.6. The second-order valence-electron chi connectivity index (χ2n) is 10.1. The highest BCUT2D eigenvalue weighted by Crippen LogP contribution is 2.32. The number of rotatable bonds is 3. The van der Waals surface area contributed by atoms with Gasteiger partial charge in [-0.15, -0.1) is 0 Å². The molecule has 2 aliphatic rings. The molecular formula is C26H30FN7O. The molecule has 8 nitrogen and oxygen atoms in total. The molecule has 0 spiro atoms. The summed E-state index contributed by atoms with van der Waals surface area (Å²) in [5.74, 6) is -0.253. The van der Waals surface area contributed by atoms with Crippen molar-refractivity contribution < 1.29 is 9.04 Å². The number of likely N-dealkylation sites (N-methyl/N-ethyl adjacent to an activating group) is 1. The van der Waals surface area contributed by atoms with Crippen LogP contribution in [0.4, 0.5) is 10.1 Å². The van der Waals surface area contributed by atoms with Gasteiger partial charge in [0.15, 0.2) is 5.65 Å². The van der Waals surface area contributed by atoms with E-state index < -0.39 is 0 Å². The van der Waals surface area contributed by atoms with Gasteiger partial charge in [-0.25, -0.2) is 13.9 Å². The lowest BCUT2D eigenvalue weighted by Crippen LogP contribution is -2.57. The number of aromatic nitrogens is 4. The zero-order valence-corrected chi connectivity index (χ0v) is 20.2. The van der Waals surface area contributed by atoms with Gasteiger partial charge >= 0.3 is 0 Å². The molecule has 0 saturated carbocycles. The Morgan fingerprint density at radius 2 is 1.80 bits per heavy atom. The van der Waals surface area contributed by atoms with Crippen molar-refractivity contribution in [2.45, 2.75) is 25.8 Å². The average Bonchev–Trinajstić information content (AvgIpc) is 3.28. The van der Waals surface area contributed by atoms with Gasteiger partial charge in [-0.05, 0) is 43.0 Å². The number of pyridine rings is 1. The summed E-state index contributed by atoms with van der Waals surface area (Å²) >= 11 is 0. The summed E-state index contributed by atoms with van der Waals surface area (Å²) in [6.07, 6.45) is 9.67. The van der Waals surface area contributed by atoms with E-state index in [1.54, 1.807) is 20.2 Å². The van der Waals surface area contributed by atoms with Crippen LogP contribution in [-0.2, 0) is 0 Å². The first-order valence-corrected chi connectivity index (χ1v) is 12.3. The lowest BCUT2D eigenvalue weighted by atomic mass is 10.0. The second-order valence-corrected chi connectivity index (χ2v) is 10.1. The Kier molecular flexibility index (Phi) is 5.43. The zero-order chi connectivity index (χ0) is 24.2. The van der Waals surface area contributed by atoms with E-state index in [0.717, 1.165) is 66.9 Å². The van der Waals surface area contributed by atoms with Crippen molar-refractivity contribution in [2.75, 3.05) is 51.2 Å². The predicted octanol–water partition coefficient (Wildman–Crippen LogP) is 3.62. The monoisotopic (exact) mass is 475 g/mol. The number of fused-ring (bicyclic) bond motifs is 2. The molecule has 0 N–H and O–H groups in total. The molecule has 0 atom stereocenters. The first kappa shape index (κ1) is 22.3. The Balaban J connectivity index is 1.22. The van der Waals surface area contributed by atoms with Crippen molar-refractivity contribution in [3.63, 3.8) is 0 Å². The van der Waals surface area contributed by atoms with Crippen LogP contribution in [0.15, 0.2) is 43.0 Å². The molecule has 35 heavy (non-hydrogen) atoms. The van der Waals surface area contributed by atoms with E-state index in [9.17, 15) is 9.60 Å². The van der Waals surface area contributed by atoms with E-state index >= 15 is 0 Å². The van der Waals surface area contributed by atoms with Gasteiger partial charge in [0.2, 0.25) is 0 Å². The summed E-state index contributed by atoms with van der Waals surface area (Å²) in [6, 6.07) is 5.81. The van der Waals surface area contributed by atoms with E-state index in [2.05, 4.69) is 19.9 Å². The first-order chi connectivity index (χ1) is 16.9. The number of piperidine rings is 1. The van der Waals surface area contributed by atoms with E-state index in [1.807, 2.05) is 35.2 Å². The molecule has 0 radical (unpaired) electrons. The zero-order valence-electron chi connectivity index (χ0n) is 20.2. The number of piperazine rings is 1. The highest BCUT2D eigenvalue weighted by atomic mass is 19.1. The van der Waals surface area contributed by atoms with Crippen molar-refractivity contribution in [1.82, 2.24) is 24.5 Å². The van der Waals surface area contributed by atoms with E-state index in [1.165, 1.54) is 6.07 Å². The lowest BCUT2D eigenvalue weighted by molar-refractivity contribution is -0.865. The van der Waals surface area contributed by atoms with Crippen LogP contribution >= 0.6 is 0 Å². The van der Waals surface area contributed by atoms with Gasteiger partial charge < -0.3 is 14.8 Å². The SMILES string of the molecule is Cc1cc2c(-c3cnn4cc(N5CCC(N6CC[N+](C)([O-])CC6)CC5)cnc34)ccnc2cc1F. The number of aryl methyl sites for hydroxylation is 1. The highest BCUT2D eigenvalue weighted by molar-refractivity contribution is 5.98. The van der Waals surface area contributed by atoms with Crippen LogP contribution in [0.25, 0.3) is 27.7 Å². The van der Waals surface area contributed by atoms with Crippen molar-refractivity contribution in [2.24, 2.45) is 0 Å². The number of quaternary nitrogens is 1. The number of hydroxylamine groups is 3. The molecule has 3 aromatic heterocycles. The number of hydrogen-bond acceptors (Lipinski definition) is 6. The van der Waals surface area contributed by atoms with Gasteiger partial charge in [-0.2, -0.15) is 5.10 Å². The Hall–Kier alpha value is -3.14. The molecule has 2 saturated heterocycles. The molecule has 9 heteroatoms. The summed E-state index contributed by atoms with van der Waals surface area (Å²) in [7, 11) is 1.78. The minimum absolute atomic E-state index is 0.112. The van der Waals surface area contributed by atoms with Crippen molar-refractivity contribution in [3.05, 3.63) is 59.6 Å². The fraction of sp³-hybridized carbons (Fsp3) is 0.423. The Morgan fingerprint density at radius 3 is 2.57 bits per heavy atom. The van der Waals surface area contributed by atoms with E-state index in [-0.39, 0.29) is 10.5 Å². The maximum Gasteiger partial charge on any atom is 0.162 e. The van der Waals surface area contributed by atoms with Crippen LogP contribution < -0.4 is 4.90 Å². The molecule has 4 aromatic rings. The molecule has 5 heterocycles. The number of hydrogen-bond donors (Lipinski definition) is 0. The third-order valence-electron chi connectivity index (χ3n) is 7.72. The molecule has 6 rings (SSSR count). The van der Waals surface area contributed by atoms with Crippen LogP contribution in [0, 0.1) is 17.9 Å². The molecule has 182 valence electrons. The van der Waals surface area contributed by atoms with Crippen LogP contribution in [0.3, 0.4) is 0 Å². The smallest absolute Gasteiger partial charge is 0.162 e. The molecule has 0 aliphatic carbocycles. The maximum absolute atomic E-state index is 14.1. The molecule has 0 amide bonds. The molecule has 2 fully saturated rings. The van der Waals surface area contributed by atoms with Crippen molar-refractivity contribution in [1.29, 1.82) is 0 Å². The molecule has 1 aromatic carbocycles. The van der Waals surface area contributed by atoms with Gasteiger partial charge in [0.05, 0.1) is 49.9 Å². The fourth-order valence-electron chi connectivity index (χ4n) is 5.49. The molecule has 0 bridgehead atoms. The summed E-state index contributed by atoms with van der Waals surface area (Å²) in [4.78, 5) is 14.0. The number of benzene rings is 1. The topological polar surface area (TPSA) is 72.6 Å². The van der Waals surface area contributed by atoms with Crippen molar-refractivity contribution in [3.8, 4) is 11.1 Å². The second kappa shape index (κ2) is 8.51. The number of nitrogens with zero attached hydrogens (tertiary/aromatic N) is 7. The largest absolute Gasteiger partial charge is 0.633 e. The summed E-state index contributed by atoms with van der Waals surface area (Å²) in [5.41, 5.74) is 4.89. The first-order valence-electron chi connectivity index (χ1n) is 12.3. The highest BCUT2D eigenvalue weighted by Gasteiger charge is 2.30. The van der Waals surface area contributed by atoms with Crippen LogP contribution in [0.1, 0.15) is 18.4 Å². The maximum atomic E-state index is 14.1. The Morgan fingerprint density at radius 1 is 1.03 bits per heavy atom. The van der Waals surface area contributed by atoms with Gasteiger partial charge in [0.25, 0.3) is 0 Å². The average molecular weight is 476 g/mol. The Bertz CT molecular complexity index is 1380. The van der Waals surface area contributed by atoms with Crippen molar-refractivity contribution >= 4 is 22.2 Å². The van der Waals surface area contributed by atoms with Gasteiger partial charge in [0.1, 0.15) is 5.82 Å². The summed E-state index contributed by atoms with van der Waals surface area (Å²) in [5, 5.41) is 17.6. The summed E-state index contributed by atoms with van der Waals surface area (Å²) < 4.78 is 15.8.